The second-order valence-electron chi connectivity index (χ2n) is 3.69. The summed E-state index contributed by atoms with van der Waals surface area (Å²) in [4.78, 5) is 22.8. The number of aliphatic hydroxyl groups excluding tert-OH is 1. The van der Waals surface area contributed by atoms with Gasteiger partial charge in [-0.1, -0.05) is 30.3 Å². The van der Waals surface area contributed by atoms with Crippen LogP contribution < -0.4 is 5.32 Å². The summed E-state index contributed by atoms with van der Waals surface area (Å²) in [6.07, 6.45) is -0.782. The fraction of sp³-hybridized carbons (Fsp3) is 0.385. The topological polar surface area (TPSA) is 84.9 Å². The molecule has 19 heavy (non-hydrogen) atoms. The molecule has 0 aliphatic heterocycles. The van der Waals surface area contributed by atoms with Crippen molar-refractivity contribution in [1.29, 1.82) is 0 Å². The van der Waals surface area contributed by atoms with Crippen molar-refractivity contribution in [1.82, 2.24) is 5.32 Å². The minimum Gasteiger partial charge on any atom is -0.464 e. The molecule has 0 heterocycles. The molecule has 1 atom stereocenters. The van der Waals surface area contributed by atoms with Crippen LogP contribution in [0.4, 0.5) is 4.79 Å². The summed E-state index contributed by atoms with van der Waals surface area (Å²) in [6, 6.07) is 8.01. The predicted molar refractivity (Wildman–Crippen MR) is 67.3 cm³/mol. The first-order valence-electron chi connectivity index (χ1n) is 5.92. The molecule has 1 unspecified atom stereocenters. The Morgan fingerprint density at radius 3 is 2.53 bits per heavy atom. The van der Waals surface area contributed by atoms with Crippen molar-refractivity contribution in [2.24, 2.45) is 0 Å². The number of amides is 1. The molecule has 1 aromatic carbocycles. The number of aliphatic hydroxyl groups is 1. The zero-order chi connectivity index (χ0) is 14.1. The number of hydrogen-bond donors (Lipinski definition) is 2. The quantitative estimate of drug-likeness (QED) is 0.746. The summed E-state index contributed by atoms with van der Waals surface area (Å²) < 4.78 is 9.61. The van der Waals surface area contributed by atoms with Crippen LogP contribution in [-0.2, 0) is 20.9 Å². The summed E-state index contributed by atoms with van der Waals surface area (Å²) in [5.74, 6) is -0.693. The maximum atomic E-state index is 11.4. The molecular formula is C13H17NO5. The van der Waals surface area contributed by atoms with Crippen molar-refractivity contribution in [3.63, 3.8) is 0 Å². The Balaban J connectivity index is 2.39. The monoisotopic (exact) mass is 267 g/mol. The number of nitrogens with one attached hydrogen (secondary N) is 1. The van der Waals surface area contributed by atoms with Crippen LogP contribution in [-0.4, -0.2) is 36.4 Å². The van der Waals surface area contributed by atoms with Crippen LogP contribution in [0.25, 0.3) is 0 Å². The molecule has 2 N–H and O–H groups in total. The Hall–Kier alpha value is -2.08. The van der Waals surface area contributed by atoms with E-state index >= 15 is 0 Å². The fourth-order valence-corrected chi connectivity index (χ4v) is 1.33. The molecule has 0 radical (unpaired) electrons. The van der Waals surface area contributed by atoms with Crippen LogP contribution in [0.15, 0.2) is 30.3 Å². The molecule has 0 saturated heterocycles. The van der Waals surface area contributed by atoms with E-state index in [0.29, 0.717) is 0 Å². The van der Waals surface area contributed by atoms with E-state index in [0.717, 1.165) is 5.56 Å². The number of hydrogen-bond acceptors (Lipinski definition) is 5. The van der Waals surface area contributed by atoms with Crippen molar-refractivity contribution >= 4 is 12.1 Å². The second-order valence-corrected chi connectivity index (χ2v) is 3.69. The van der Waals surface area contributed by atoms with Crippen LogP contribution in [0.3, 0.4) is 0 Å². The summed E-state index contributed by atoms with van der Waals surface area (Å²) in [7, 11) is 0. The van der Waals surface area contributed by atoms with Gasteiger partial charge in [-0.25, -0.2) is 9.59 Å². The zero-order valence-electron chi connectivity index (χ0n) is 10.7. The number of carbonyl (C=O) groups is 2. The van der Waals surface area contributed by atoms with Crippen LogP contribution >= 0.6 is 0 Å². The first kappa shape index (κ1) is 15.0. The summed E-state index contributed by atoms with van der Waals surface area (Å²) in [5.41, 5.74) is 0.828. The highest BCUT2D eigenvalue weighted by Gasteiger charge is 2.21. The molecule has 6 heteroatoms. The molecule has 0 aliphatic rings. The Morgan fingerprint density at radius 2 is 1.95 bits per heavy atom. The van der Waals surface area contributed by atoms with Crippen molar-refractivity contribution in [3.05, 3.63) is 35.9 Å². The van der Waals surface area contributed by atoms with Gasteiger partial charge < -0.3 is 19.9 Å². The molecule has 104 valence electrons. The third-order valence-electron chi connectivity index (χ3n) is 2.26. The molecule has 0 spiro atoms. The van der Waals surface area contributed by atoms with Gasteiger partial charge in [0.05, 0.1) is 13.2 Å². The molecule has 1 rings (SSSR count). The molecule has 0 aromatic heterocycles. The molecule has 6 nitrogen and oxygen atoms in total. The summed E-state index contributed by atoms with van der Waals surface area (Å²) in [6.45, 7) is 1.36. The van der Waals surface area contributed by atoms with Gasteiger partial charge in [0, 0.05) is 0 Å². The first-order chi connectivity index (χ1) is 9.17. The van der Waals surface area contributed by atoms with Gasteiger partial charge in [-0.05, 0) is 12.5 Å². The third kappa shape index (κ3) is 5.39. The smallest absolute Gasteiger partial charge is 0.408 e. The van der Waals surface area contributed by atoms with Gasteiger partial charge in [-0.15, -0.1) is 0 Å². The van der Waals surface area contributed by atoms with Crippen LogP contribution in [0.2, 0.25) is 0 Å². The first-order valence-corrected chi connectivity index (χ1v) is 5.92. The van der Waals surface area contributed by atoms with Gasteiger partial charge >= 0.3 is 12.1 Å². The number of benzene rings is 1. The van der Waals surface area contributed by atoms with E-state index in [1.165, 1.54) is 0 Å². The van der Waals surface area contributed by atoms with Crippen LogP contribution in [0.5, 0.6) is 0 Å². The van der Waals surface area contributed by atoms with Crippen LogP contribution in [0.1, 0.15) is 12.5 Å². The van der Waals surface area contributed by atoms with E-state index in [1.54, 1.807) is 6.92 Å². The molecule has 0 fully saturated rings. The average molecular weight is 267 g/mol. The standard InChI is InChI=1S/C13H17NO5/c1-2-18-12(16)11(8-15)14-13(17)19-9-10-6-4-3-5-7-10/h3-7,11,15H,2,8-9H2,1H3,(H,14,17). The number of alkyl carbamates (subject to hydrolysis) is 1. The van der Waals surface area contributed by atoms with E-state index in [9.17, 15) is 9.59 Å². The predicted octanol–water partition coefficient (Wildman–Crippen LogP) is 0.837. The Kier molecular flexibility index (Phi) is 6.38. The number of carbonyl (C=O) groups excluding carboxylic acids is 2. The second kappa shape index (κ2) is 8.10. The van der Waals surface area contributed by atoms with Crippen molar-refractivity contribution in [2.75, 3.05) is 13.2 Å². The van der Waals surface area contributed by atoms with Gasteiger partial charge in [0.1, 0.15) is 6.61 Å². The zero-order valence-corrected chi connectivity index (χ0v) is 10.7. The van der Waals surface area contributed by atoms with E-state index in [1.807, 2.05) is 30.3 Å². The van der Waals surface area contributed by atoms with Gasteiger partial charge in [0.2, 0.25) is 0 Å². The number of esters is 1. The number of ether oxygens (including phenoxy) is 2. The highest BCUT2D eigenvalue weighted by Crippen LogP contribution is 2.01. The Bertz CT molecular complexity index is 407. The van der Waals surface area contributed by atoms with E-state index < -0.39 is 24.7 Å². The normalized spacial score (nSPS) is 11.5. The lowest BCUT2D eigenvalue weighted by atomic mass is 10.2. The van der Waals surface area contributed by atoms with Gasteiger partial charge in [-0.3, -0.25) is 0 Å². The molecule has 0 aliphatic carbocycles. The SMILES string of the molecule is CCOC(=O)C(CO)NC(=O)OCc1ccccc1. The maximum Gasteiger partial charge on any atom is 0.408 e. The lowest BCUT2D eigenvalue weighted by Gasteiger charge is -2.14. The van der Waals surface area contributed by atoms with E-state index in [-0.39, 0.29) is 13.2 Å². The van der Waals surface area contributed by atoms with Gasteiger partial charge in [0.25, 0.3) is 0 Å². The molecular weight excluding hydrogens is 250 g/mol. The molecule has 0 bridgehead atoms. The lowest BCUT2D eigenvalue weighted by Crippen LogP contribution is -2.44. The third-order valence-corrected chi connectivity index (χ3v) is 2.26. The molecule has 1 amide bonds. The van der Waals surface area contributed by atoms with Crippen molar-refractivity contribution in [2.45, 2.75) is 19.6 Å². The van der Waals surface area contributed by atoms with Gasteiger partial charge in [0.15, 0.2) is 6.04 Å². The van der Waals surface area contributed by atoms with E-state index in [4.69, 9.17) is 9.84 Å². The van der Waals surface area contributed by atoms with Crippen LogP contribution in [0, 0.1) is 0 Å². The lowest BCUT2D eigenvalue weighted by molar-refractivity contribution is -0.146. The summed E-state index contributed by atoms with van der Waals surface area (Å²) in [5, 5.41) is 11.2. The maximum absolute atomic E-state index is 11.4. The highest BCUT2D eigenvalue weighted by molar-refractivity contribution is 5.81. The molecule has 0 saturated carbocycles. The Morgan fingerprint density at radius 1 is 1.26 bits per heavy atom. The van der Waals surface area contributed by atoms with Gasteiger partial charge in [-0.2, -0.15) is 0 Å². The minimum atomic E-state index is -1.11. The fourth-order valence-electron chi connectivity index (χ4n) is 1.33. The minimum absolute atomic E-state index is 0.0909. The molecule has 1 aromatic rings. The highest BCUT2D eigenvalue weighted by atomic mass is 16.6. The van der Waals surface area contributed by atoms with Crippen molar-refractivity contribution < 1.29 is 24.2 Å². The summed E-state index contributed by atoms with van der Waals surface area (Å²) >= 11 is 0. The largest absolute Gasteiger partial charge is 0.464 e. The van der Waals surface area contributed by atoms with E-state index in [2.05, 4.69) is 10.1 Å². The van der Waals surface area contributed by atoms with Crippen molar-refractivity contribution in [3.8, 4) is 0 Å². The number of rotatable bonds is 6. The average Bonchev–Trinajstić information content (AvgIpc) is 2.44. The Labute approximate surface area is 111 Å².